The van der Waals surface area contributed by atoms with E-state index in [2.05, 4.69) is 25.7 Å². The second kappa shape index (κ2) is 5.03. The SMILES string of the molecule is COC1(C)CCCN(CC(C)(C)C(C)O)C1. The van der Waals surface area contributed by atoms with Gasteiger partial charge in [0.1, 0.15) is 0 Å². The number of aliphatic hydroxyl groups is 1. The highest BCUT2D eigenvalue weighted by molar-refractivity contribution is 4.88. The van der Waals surface area contributed by atoms with E-state index in [9.17, 15) is 5.11 Å². The lowest BCUT2D eigenvalue weighted by atomic mass is 9.85. The number of ether oxygens (including phenoxy) is 1. The van der Waals surface area contributed by atoms with Crippen LogP contribution in [0.15, 0.2) is 0 Å². The van der Waals surface area contributed by atoms with E-state index in [0.717, 1.165) is 26.1 Å². The van der Waals surface area contributed by atoms with E-state index in [4.69, 9.17) is 4.74 Å². The fraction of sp³-hybridized carbons (Fsp3) is 1.00. The number of hydrogen-bond donors (Lipinski definition) is 1. The van der Waals surface area contributed by atoms with Gasteiger partial charge in [0.25, 0.3) is 0 Å². The average molecular weight is 229 g/mol. The Balaban J connectivity index is 2.55. The number of hydrogen-bond acceptors (Lipinski definition) is 3. The van der Waals surface area contributed by atoms with E-state index >= 15 is 0 Å². The van der Waals surface area contributed by atoms with Gasteiger partial charge in [-0.15, -0.1) is 0 Å². The molecule has 1 fully saturated rings. The first-order valence-electron chi connectivity index (χ1n) is 6.25. The van der Waals surface area contributed by atoms with Crippen LogP contribution in [0.4, 0.5) is 0 Å². The maximum atomic E-state index is 9.74. The van der Waals surface area contributed by atoms with Crippen LogP contribution < -0.4 is 0 Å². The number of nitrogens with zero attached hydrogens (tertiary/aromatic N) is 1. The van der Waals surface area contributed by atoms with Crippen LogP contribution in [0.5, 0.6) is 0 Å². The summed E-state index contributed by atoms with van der Waals surface area (Å²) >= 11 is 0. The summed E-state index contributed by atoms with van der Waals surface area (Å²) in [6.45, 7) is 11.3. The molecule has 0 saturated carbocycles. The molecule has 0 aliphatic carbocycles. The van der Waals surface area contributed by atoms with Crippen molar-refractivity contribution in [3.05, 3.63) is 0 Å². The van der Waals surface area contributed by atoms with E-state index in [1.54, 1.807) is 7.11 Å². The lowest BCUT2D eigenvalue weighted by Gasteiger charge is -2.43. The zero-order valence-corrected chi connectivity index (χ0v) is 11.4. The fourth-order valence-electron chi connectivity index (χ4n) is 2.32. The second-order valence-corrected chi connectivity index (χ2v) is 6.13. The van der Waals surface area contributed by atoms with E-state index in [0.29, 0.717) is 0 Å². The summed E-state index contributed by atoms with van der Waals surface area (Å²) in [5.74, 6) is 0. The molecule has 3 heteroatoms. The van der Waals surface area contributed by atoms with Crippen LogP contribution in [0.1, 0.15) is 40.5 Å². The van der Waals surface area contributed by atoms with Gasteiger partial charge in [-0.3, -0.25) is 4.90 Å². The molecule has 1 heterocycles. The van der Waals surface area contributed by atoms with Crippen molar-refractivity contribution in [3.8, 4) is 0 Å². The van der Waals surface area contributed by atoms with Crippen LogP contribution >= 0.6 is 0 Å². The Morgan fingerprint density at radius 3 is 2.62 bits per heavy atom. The zero-order chi connectivity index (χ0) is 12.4. The van der Waals surface area contributed by atoms with Crippen molar-refractivity contribution in [2.24, 2.45) is 5.41 Å². The molecule has 1 rings (SSSR count). The maximum Gasteiger partial charge on any atom is 0.0777 e. The molecule has 0 bridgehead atoms. The van der Waals surface area contributed by atoms with Crippen molar-refractivity contribution >= 4 is 0 Å². The molecule has 0 aromatic carbocycles. The first-order valence-corrected chi connectivity index (χ1v) is 6.25. The molecule has 1 aliphatic rings. The summed E-state index contributed by atoms with van der Waals surface area (Å²) in [6, 6.07) is 0. The third-order valence-corrected chi connectivity index (χ3v) is 3.99. The molecule has 1 N–H and O–H groups in total. The van der Waals surface area contributed by atoms with Crippen molar-refractivity contribution in [1.82, 2.24) is 4.90 Å². The van der Waals surface area contributed by atoms with Crippen molar-refractivity contribution in [3.63, 3.8) is 0 Å². The van der Waals surface area contributed by atoms with E-state index in [1.165, 1.54) is 6.42 Å². The largest absolute Gasteiger partial charge is 0.393 e. The third-order valence-electron chi connectivity index (χ3n) is 3.99. The fourth-order valence-corrected chi connectivity index (χ4v) is 2.32. The van der Waals surface area contributed by atoms with Crippen LogP contribution in [-0.4, -0.2) is 48.5 Å². The Labute approximate surface area is 99.8 Å². The minimum absolute atomic E-state index is 0.00692. The van der Waals surface area contributed by atoms with Crippen LogP contribution in [0.2, 0.25) is 0 Å². The molecular weight excluding hydrogens is 202 g/mol. The summed E-state index contributed by atoms with van der Waals surface area (Å²) in [5, 5.41) is 9.74. The Morgan fingerprint density at radius 2 is 2.12 bits per heavy atom. The quantitative estimate of drug-likeness (QED) is 0.799. The first-order chi connectivity index (χ1) is 7.29. The van der Waals surface area contributed by atoms with Crippen LogP contribution in [-0.2, 0) is 4.74 Å². The van der Waals surface area contributed by atoms with Gasteiger partial charge in [0.15, 0.2) is 0 Å². The Kier molecular flexibility index (Phi) is 4.38. The summed E-state index contributed by atoms with van der Waals surface area (Å²) in [7, 11) is 1.79. The van der Waals surface area contributed by atoms with Gasteiger partial charge in [0, 0.05) is 25.6 Å². The van der Waals surface area contributed by atoms with Crippen LogP contribution in [0.25, 0.3) is 0 Å². The molecule has 0 radical (unpaired) electrons. The van der Waals surface area contributed by atoms with Gasteiger partial charge in [0.2, 0.25) is 0 Å². The highest BCUT2D eigenvalue weighted by atomic mass is 16.5. The average Bonchev–Trinajstić information content (AvgIpc) is 2.17. The number of aliphatic hydroxyl groups excluding tert-OH is 1. The highest BCUT2D eigenvalue weighted by Gasteiger charge is 2.34. The minimum atomic E-state index is -0.275. The molecule has 96 valence electrons. The molecule has 2 atom stereocenters. The lowest BCUT2D eigenvalue weighted by Crippen LogP contribution is -2.51. The highest BCUT2D eigenvalue weighted by Crippen LogP contribution is 2.28. The Bertz CT molecular complexity index is 228. The molecule has 0 spiro atoms. The monoisotopic (exact) mass is 229 g/mol. The smallest absolute Gasteiger partial charge is 0.0777 e. The van der Waals surface area contributed by atoms with Crippen LogP contribution in [0, 0.1) is 5.41 Å². The molecule has 0 aromatic rings. The van der Waals surface area contributed by atoms with Crippen LogP contribution in [0.3, 0.4) is 0 Å². The first kappa shape index (κ1) is 13.9. The number of piperidine rings is 1. The predicted octanol–water partition coefficient (Wildman–Crippen LogP) is 1.89. The van der Waals surface area contributed by atoms with Gasteiger partial charge in [-0.05, 0) is 33.2 Å². The molecule has 0 amide bonds. The lowest BCUT2D eigenvalue weighted by molar-refractivity contribution is -0.0662. The summed E-state index contributed by atoms with van der Waals surface area (Å²) in [6.07, 6.45) is 2.04. The van der Waals surface area contributed by atoms with Crippen molar-refractivity contribution in [2.75, 3.05) is 26.7 Å². The third kappa shape index (κ3) is 3.44. The predicted molar refractivity (Wildman–Crippen MR) is 66.5 cm³/mol. The van der Waals surface area contributed by atoms with E-state index in [-0.39, 0.29) is 17.1 Å². The molecule has 1 aliphatic heterocycles. The Morgan fingerprint density at radius 1 is 1.50 bits per heavy atom. The van der Waals surface area contributed by atoms with Crippen molar-refractivity contribution in [1.29, 1.82) is 0 Å². The number of likely N-dealkylation sites (tertiary alicyclic amines) is 1. The summed E-state index contributed by atoms with van der Waals surface area (Å²) < 4.78 is 5.58. The molecule has 2 unspecified atom stereocenters. The van der Waals surface area contributed by atoms with Gasteiger partial charge >= 0.3 is 0 Å². The zero-order valence-electron chi connectivity index (χ0n) is 11.4. The molecule has 1 saturated heterocycles. The van der Waals surface area contributed by atoms with Gasteiger partial charge < -0.3 is 9.84 Å². The number of rotatable bonds is 4. The van der Waals surface area contributed by atoms with Crippen molar-refractivity contribution < 1.29 is 9.84 Å². The number of methoxy groups -OCH3 is 1. The van der Waals surface area contributed by atoms with Gasteiger partial charge in [-0.25, -0.2) is 0 Å². The van der Waals surface area contributed by atoms with Gasteiger partial charge in [-0.2, -0.15) is 0 Å². The minimum Gasteiger partial charge on any atom is -0.393 e. The van der Waals surface area contributed by atoms with Gasteiger partial charge in [-0.1, -0.05) is 13.8 Å². The Hall–Kier alpha value is -0.120. The topological polar surface area (TPSA) is 32.7 Å². The molecule has 0 aromatic heterocycles. The molecular formula is C13H27NO2. The summed E-state index contributed by atoms with van der Waals surface area (Å²) in [4.78, 5) is 2.42. The second-order valence-electron chi connectivity index (χ2n) is 6.13. The van der Waals surface area contributed by atoms with Gasteiger partial charge in [0.05, 0.1) is 11.7 Å². The van der Waals surface area contributed by atoms with E-state index < -0.39 is 0 Å². The van der Waals surface area contributed by atoms with Crippen molar-refractivity contribution in [2.45, 2.75) is 52.2 Å². The normalized spacial score (nSPS) is 30.4. The van der Waals surface area contributed by atoms with E-state index in [1.807, 2.05) is 6.92 Å². The molecule has 16 heavy (non-hydrogen) atoms. The summed E-state index contributed by atoms with van der Waals surface area (Å²) in [5.41, 5.74) is -0.0565. The maximum absolute atomic E-state index is 9.74. The standard InChI is InChI=1S/C13H27NO2/c1-11(15)12(2,3)9-14-8-6-7-13(4,10-14)16-5/h11,15H,6-10H2,1-5H3. The molecule has 3 nitrogen and oxygen atoms in total.